The maximum Gasteiger partial charge on any atom is 0.234 e. The monoisotopic (exact) mass is 384 g/mol. The minimum atomic E-state index is 0.0562. The van der Waals surface area contributed by atoms with E-state index in [1.54, 1.807) is 0 Å². The van der Waals surface area contributed by atoms with E-state index in [1.807, 2.05) is 24.3 Å². The Bertz CT molecular complexity index is 924. The molecule has 4 rings (SSSR count). The molecule has 0 unspecified atom stereocenters. The molecule has 0 aromatic heterocycles. The summed E-state index contributed by atoms with van der Waals surface area (Å²) in [5.74, 6) is 0.0562. The highest BCUT2D eigenvalue weighted by atomic mass is 16.2. The van der Waals surface area contributed by atoms with E-state index >= 15 is 0 Å². The molecule has 3 nitrogen and oxygen atoms in total. The van der Waals surface area contributed by atoms with Crippen LogP contribution in [0.5, 0.6) is 0 Å². The Morgan fingerprint density at radius 3 is 2.38 bits per heavy atom. The molecule has 1 amide bonds. The Labute approximate surface area is 173 Å². The summed E-state index contributed by atoms with van der Waals surface area (Å²) in [6.07, 6.45) is 4.09. The molecule has 3 heteroatoms. The quantitative estimate of drug-likeness (QED) is 0.617. The molecule has 2 atom stereocenters. The van der Waals surface area contributed by atoms with Crippen LogP contribution >= 0.6 is 0 Å². The van der Waals surface area contributed by atoms with Gasteiger partial charge in [0, 0.05) is 6.04 Å². The van der Waals surface area contributed by atoms with Crippen molar-refractivity contribution < 1.29 is 4.79 Å². The first-order valence-corrected chi connectivity index (χ1v) is 10.5. The Morgan fingerprint density at radius 1 is 0.897 bits per heavy atom. The summed E-state index contributed by atoms with van der Waals surface area (Å²) in [5.41, 5.74) is 5.10. The van der Waals surface area contributed by atoms with Gasteiger partial charge in [-0.2, -0.15) is 0 Å². The summed E-state index contributed by atoms with van der Waals surface area (Å²) < 4.78 is 0. The lowest BCUT2D eigenvalue weighted by molar-refractivity contribution is -0.121. The number of benzene rings is 3. The van der Waals surface area contributed by atoms with Gasteiger partial charge in [-0.3, -0.25) is 4.79 Å². The third kappa shape index (κ3) is 5.12. The van der Waals surface area contributed by atoms with E-state index in [0.29, 0.717) is 6.54 Å². The largest absolute Gasteiger partial charge is 0.348 e. The molecule has 0 fully saturated rings. The Hall–Kier alpha value is -2.91. The Kier molecular flexibility index (Phi) is 6.38. The minimum Gasteiger partial charge on any atom is -0.348 e. The van der Waals surface area contributed by atoms with Crippen LogP contribution in [0.3, 0.4) is 0 Å². The van der Waals surface area contributed by atoms with Crippen molar-refractivity contribution in [3.63, 3.8) is 0 Å². The van der Waals surface area contributed by atoms with Crippen molar-refractivity contribution >= 4 is 5.91 Å². The fraction of sp³-hybridized carbons (Fsp3) is 0.269. The lowest BCUT2D eigenvalue weighted by Crippen LogP contribution is -2.39. The number of carbonyl (C=O) groups excluding carboxylic acids is 1. The second-order valence-corrected chi connectivity index (χ2v) is 7.75. The number of carbonyl (C=O) groups is 1. The molecule has 0 spiro atoms. The zero-order valence-corrected chi connectivity index (χ0v) is 16.7. The lowest BCUT2D eigenvalue weighted by Gasteiger charge is -2.27. The molecule has 148 valence electrons. The average Bonchev–Trinajstić information content (AvgIpc) is 2.78. The van der Waals surface area contributed by atoms with Crippen molar-refractivity contribution in [1.29, 1.82) is 0 Å². The standard InChI is InChI=1S/C26H28N2O/c29-26(28-24-17-9-15-21-12-7-8-16-23(21)24)19-27-25(22-13-5-2-6-14-22)18-20-10-3-1-4-11-20/h1-8,10-14,16,24-25,27H,9,15,17-19H2,(H,28,29)/t24-,25+/m0/s1. The molecule has 0 heterocycles. The smallest absolute Gasteiger partial charge is 0.234 e. The van der Waals surface area contributed by atoms with Gasteiger partial charge in [-0.1, -0.05) is 84.9 Å². The zero-order valence-electron chi connectivity index (χ0n) is 16.7. The summed E-state index contributed by atoms with van der Waals surface area (Å²) in [7, 11) is 0. The lowest BCUT2D eigenvalue weighted by atomic mass is 9.88. The first kappa shape index (κ1) is 19.4. The van der Waals surface area contributed by atoms with Crippen molar-refractivity contribution in [2.24, 2.45) is 0 Å². The van der Waals surface area contributed by atoms with Gasteiger partial charge in [0.15, 0.2) is 0 Å². The minimum absolute atomic E-state index is 0.0562. The van der Waals surface area contributed by atoms with Gasteiger partial charge in [0.1, 0.15) is 0 Å². The number of hydrogen-bond donors (Lipinski definition) is 2. The summed E-state index contributed by atoms with van der Waals surface area (Å²) in [4.78, 5) is 12.7. The van der Waals surface area contributed by atoms with Crippen LogP contribution in [0.4, 0.5) is 0 Å². The first-order chi connectivity index (χ1) is 14.3. The highest BCUT2D eigenvalue weighted by molar-refractivity contribution is 5.78. The molecule has 0 bridgehead atoms. The van der Waals surface area contributed by atoms with E-state index in [0.717, 1.165) is 25.7 Å². The molecular weight excluding hydrogens is 356 g/mol. The van der Waals surface area contributed by atoms with Gasteiger partial charge in [-0.25, -0.2) is 0 Å². The van der Waals surface area contributed by atoms with Crippen molar-refractivity contribution in [3.8, 4) is 0 Å². The molecule has 0 saturated heterocycles. The number of nitrogens with one attached hydrogen (secondary N) is 2. The molecule has 1 aliphatic carbocycles. The van der Waals surface area contributed by atoms with Gasteiger partial charge in [0.25, 0.3) is 0 Å². The van der Waals surface area contributed by atoms with Gasteiger partial charge in [0.05, 0.1) is 12.6 Å². The van der Waals surface area contributed by atoms with Gasteiger partial charge in [-0.15, -0.1) is 0 Å². The van der Waals surface area contributed by atoms with Crippen LogP contribution < -0.4 is 10.6 Å². The van der Waals surface area contributed by atoms with Crippen molar-refractivity contribution in [2.75, 3.05) is 6.54 Å². The normalized spacial score (nSPS) is 16.6. The maximum atomic E-state index is 12.7. The highest BCUT2D eigenvalue weighted by Crippen LogP contribution is 2.29. The predicted molar refractivity (Wildman–Crippen MR) is 118 cm³/mol. The summed E-state index contributed by atoms with van der Waals surface area (Å²) in [6, 6.07) is 29.5. The van der Waals surface area contributed by atoms with Gasteiger partial charge >= 0.3 is 0 Å². The number of fused-ring (bicyclic) bond motifs is 1. The van der Waals surface area contributed by atoms with E-state index in [4.69, 9.17) is 0 Å². The Balaban J connectivity index is 1.40. The molecule has 1 aliphatic rings. The van der Waals surface area contributed by atoms with Gasteiger partial charge in [0.2, 0.25) is 5.91 Å². The number of rotatable bonds is 7. The average molecular weight is 385 g/mol. The van der Waals surface area contributed by atoms with Crippen molar-refractivity contribution in [2.45, 2.75) is 37.8 Å². The van der Waals surface area contributed by atoms with Crippen LogP contribution in [0.25, 0.3) is 0 Å². The second-order valence-electron chi connectivity index (χ2n) is 7.75. The van der Waals surface area contributed by atoms with Crippen LogP contribution in [-0.2, 0) is 17.6 Å². The molecule has 3 aromatic carbocycles. The molecule has 0 saturated carbocycles. The third-order valence-corrected chi connectivity index (χ3v) is 5.70. The van der Waals surface area contributed by atoms with Gasteiger partial charge in [-0.05, 0) is 47.9 Å². The number of aryl methyl sites for hydroxylation is 1. The summed E-state index contributed by atoms with van der Waals surface area (Å²) in [5, 5.41) is 6.73. The topological polar surface area (TPSA) is 41.1 Å². The van der Waals surface area contributed by atoms with E-state index < -0.39 is 0 Å². The SMILES string of the molecule is O=C(CN[C@H](Cc1ccccc1)c1ccccc1)N[C@H]1CCCc2ccccc21. The molecule has 3 aromatic rings. The third-order valence-electron chi connectivity index (χ3n) is 5.70. The first-order valence-electron chi connectivity index (χ1n) is 10.5. The van der Waals surface area contributed by atoms with E-state index in [-0.39, 0.29) is 18.0 Å². The predicted octanol–water partition coefficient (Wildman–Crippen LogP) is 4.75. The fourth-order valence-corrected chi connectivity index (χ4v) is 4.21. The fourth-order valence-electron chi connectivity index (χ4n) is 4.21. The second kappa shape index (κ2) is 9.53. The van der Waals surface area contributed by atoms with Crippen LogP contribution in [0.15, 0.2) is 84.9 Å². The molecule has 0 aliphatic heterocycles. The van der Waals surface area contributed by atoms with Crippen LogP contribution in [0.1, 0.15) is 47.2 Å². The van der Waals surface area contributed by atoms with Crippen molar-refractivity contribution in [1.82, 2.24) is 10.6 Å². The molecule has 29 heavy (non-hydrogen) atoms. The number of hydrogen-bond acceptors (Lipinski definition) is 2. The highest BCUT2D eigenvalue weighted by Gasteiger charge is 2.22. The van der Waals surface area contributed by atoms with Crippen LogP contribution in [-0.4, -0.2) is 12.5 Å². The zero-order chi connectivity index (χ0) is 19.9. The van der Waals surface area contributed by atoms with Gasteiger partial charge < -0.3 is 10.6 Å². The molecule has 0 radical (unpaired) electrons. The van der Waals surface area contributed by atoms with E-state index in [9.17, 15) is 4.79 Å². The van der Waals surface area contributed by atoms with E-state index in [1.165, 1.54) is 22.3 Å². The van der Waals surface area contributed by atoms with E-state index in [2.05, 4.69) is 71.3 Å². The molecule has 2 N–H and O–H groups in total. The Morgan fingerprint density at radius 2 is 1.59 bits per heavy atom. The maximum absolute atomic E-state index is 12.7. The van der Waals surface area contributed by atoms with Crippen LogP contribution in [0.2, 0.25) is 0 Å². The number of amides is 1. The molecular formula is C26H28N2O. The van der Waals surface area contributed by atoms with Crippen molar-refractivity contribution in [3.05, 3.63) is 107 Å². The summed E-state index contributed by atoms with van der Waals surface area (Å²) in [6.45, 7) is 0.311. The van der Waals surface area contributed by atoms with Crippen LogP contribution in [0, 0.1) is 0 Å². The summed E-state index contributed by atoms with van der Waals surface area (Å²) >= 11 is 0.